The van der Waals surface area contributed by atoms with E-state index in [2.05, 4.69) is 23.4 Å². The summed E-state index contributed by atoms with van der Waals surface area (Å²) in [6.45, 7) is 11.2. The zero-order valence-electron chi connectivity index (χ0n) is 17.0. The van der Waals surface area contributed by atoms with E-state index >= 15 is 0 Å². The first-order valence-electron chi connectivity index (χ1n) is 9.21. The maximum atomic E-state index is 13.1. The molecular weight excluding hydrogens is 346 g/mol. The summed E-state index contributed by atoms with van der Waals surface area (Å²) < 4.78 is 6.15. The molecule has 1 atom stereocenters. The Morgan fingerprint density at radius 1 is 1.26 bits per heavy atom. The Morgan fingerprint density at radius 3 is 2.44 bits per heavy atom. The number of carbonyl (C=O) groups is 1. The summed E-state index contributed by atoms with van der Waals surface area (Å²) >= 11 is 0. The normalized spacial score (nSPS) is 13.6. The summed E-state index contributed by atoms with van der Waals surface area (Å²) in [5.41, 5.74) is -0.0187. The van der Waals surface area contributed by atoms with E-state index in [0.717, 1.165) is 16.7 Å². The van der Waals surface area contributed by atoms with Crippen LogP contribution in [0.2, 0.25) is 0 Å². The molecule has 1 unspecified atom stereocenters. The van der Waals surface area contributed by atoms with Crippen LogP contribution in [0.5, 0.6) is 0 Å². The second kappa shape index (κ2) is 6.21. The molecule has 0 spiro atoms. The molecule has 0 bridgehead atoms. The van der Waals surface area contributed by atoms with Crippen LogP contribution >= 0.6 is 0 Å². The van der Waals surface area contributed by atoms with Crippen molar-refractivity contribution < 1.29 is 4.79 Å². The van der Waals surface area contributed by atoms with Gasteiger partial charge in [-0.2, -0.15) is 4.98 Å². The molecule has 3 aromatic heterocycles. The van der Waals surface area contributed by atoms with Crippen LogP contribution in [0.15, 0.2) is 15.8 Å². The Kier molecular flexibility index (Phi) is 4.40. The Hall–Kier alpha value is -2.64. The van der Waals surface area contributed by atoms with Crippen molar-refractivity contribution in [1.29, 1.82) is 0 Å². The van der Waals surface area contributed by atoms with Crippen LogP contribution in [0.4, 0.5) is 0 Å². The number of rotatable bonds is 4. The molecule has 0 saturated carbocycles. The molecule has 0 amide bonds. The summed E-state index contributed by atoms with van der Waals surface area (Å²) in [5.74, 6) is 0.457. The Labute approximate surface area is 157 Å². The van der Waals surface area contributed by atoms with Crippen molar-refractivity contribution >= 4 is 22.7 Å². The predicted molar refractivity (Wildman–Crippen MR) is 104 cm³/mol. The number of ketones is 1. The van der Waals surface area contributed by atoms with Gasteiger partial charge in [0.05, 0.1) is 6.54 Å². The van der Waals surface area contributed by atoms with Gasteiger partial charge in [0.25, 0.3) is 5.56 Å². The first-order chi connectivity index (χ1) is 12.5. The fourth-order valence-electron chi connectivity index (χ4n) is 3.27. The minimum Gasteiger partial charge on any atom is -0.311 e. The molecule has 3 aromatic rings. The van der Waals surface area contributed by atoms with Crippen LogP contribution in [-0.4, -0.2) is 28.9 Å². The summed E-state index contributed by atoms with van der Waals surface area (Å²) in [5, 5.41) is 0. The van der Waals surface area contributed by atoms with E-state index in [4.69, 9.17) is 0 Å². The fourth-order valence-corrected chi connectivity index (χ4v) is 3.27. The zero-order valence-corrected chi connectivity index (χ0v) is 17.0. The number of hydrogen-bond donors (Lipinski definition) is 0. The van der Waals surface area contributed by atoms with Gasteiger partial charge in [-0.3, -0.25) is 23.1 Å². The van der Waals surface area contributed by atoms with Crippen LogP contribution in [0.3, 0.4) is 0 Å². The lowest BCUT2D eigenvalue weighted by atomic mass is 9.91. The highest BCUT2D eigenvalue weighted by atomic mass is 16.2. The van der Waals surface area contributed by atoms with Crippen molar-refractivity contribution in [3.63, 3.8) is 0 Å². The van der Waals surface area contributed by atoms with Gasteiger partial charge < -0.3 is 4.57 Å². The number of aromatic nitrogens is 5. The topological polar surface area (TPSA) is 83.3 Å². The van der Waals surface area contributed by atoms with Gasteiger partial charge in [-0.05, 0) is 20.3 Å². The Balaban J connectivity index is 2.36. The lowest BCUT2D eigenvalue weighted by molar-refractivity contribution is -0.127. The summed E-state index contributed by atoms with van der Waals surface area (Å²) in [7, 11) is 1.58. The van der Waals surface area contributed by atoms with E-state index in [1.54, 1.807) is 32.2 Å². The van der Waals surface area contributed by atoms with Crippen molar-refractivity contribution in [3.8, 4) is 0 Å². The quantitative estimate of drug-likeness (QED) is 0.701. The molecule has 0 N–H and O–H groups in total. The lowest BCUT2D eigenvalue weighted by Gasteiger charge is -2.17. The maximum Gasteiger partial charge on any atom is 0.332 e. The van der Waals surface area contributed by atoms with Gasteiger partial charge in [-0.15, -0.1) is 0 Å². The van der Waals surface area contributed by atoms with Gasteiger partial charge >= 0.3 is 5.69 Å². The number of carbonyl (C=O) groups excluding carboxylic acids is 1. The van der Waals surface area contributed by atoms with E-state index in [0.29, 0.717) is 16.9 Å². The maximum absolute atomic E-state index is 13.1. The molecule has 0 saturated heterocycles. The number of fused-ring (bicyclic) bond motifs is 3. The van der Waals surface area contributed by atoms with Crippen LogP contribution < -0.4 is 11.2 Å². The second-order valence-corrected chi connectivity index (χ2v) is 8.26. The smallest absolute Gasteiger partial charge is 0.311 e. The largest absolute Gasteiger partial charge is 0.332 e. The van der Waals surface area contributed by atoms with Crippen molar-refractivity contribution in [2.75, 3.05) is 0 Å². The number of aryl methyl sites for hydroxylation is 2. The van der Waals surface area contributed by atoms with E-state index in [9.17, 15) is 14.4 Å². The van der Waals surface area contributed by atoms with Crippen molar-refractivity contribution in [3.05, 3.63) is 32.7 Å². The highest BCUT2D eigenvalue weighted by Crippen LogP contribution is 2.22. The first kappa shape index (κ1) is 19.1. The third-order valence-corrected chi connectivity index (χ3v) is 5.24. The van der Waals surface area contributed by atoms with Crippen molar-refractivity contribution in [2.24, 2.45) is 12.5 Å². The third kappa shape index (κ3) is 2.83. The first-order valence-corrected chi connectivity index (χ1v) is 9.21. The molecule has 0 aliphatic heterocycles. The number of Topliss-reactive ketones (excluding diaryl/α,β-unsaturated/α-hetero) is 1. The van der Waals surface area contributed by atoms with Gasteiger partial charge in [0.15, 0.2) is 16.9 Å². The summed E-state index contributed by atoms with van der Waals surface area (Å²) in [4.78, 5) is 42.9. The predicted octanol–water partition coefficient (Wildman–Crippen LogP) is 2.04. The molecule has 0 aliphatic carbocycles. The van der Waals surface area contributed by atoms with Crippen molar-refractivity contribution in [1.82, 2.24) is 23.1 Å². The Morgan fingerprint density at radius 2 is 1.89 bits per heavy atom. The van der Waals surface area contributed by atoms with E-state index in [1.807, 2.05) is 13.1 Å². The zero-order chi connectivity index (χ0) is 20.3. The highest BCUT2D eigenvalue weighted by Gasteiger charge is 2.26. The molecule has 8 heteroatoms. The number of nitrogens with zero attached hydrogens (tertiary/aromatic N) is 5. The van der Waals surface area contributed by atoms with Gasteiger partial charge in [-0.25, -0.2) is 4.79 Å². The molecule has 3 heterocycles. The summed E-state index contributed by atoms with van der Waals surface area (Å²) in [6.07, 6.45) is 2.77. The molecule has 0 aromatic carbocycles. The molecular formula is C19H27N5O3. The van der Waals surface area contributed by atoms with Crippen LogP contribution in [0, 0.1) is 12.3 Å². The second-order valence-electron chi connectivity index (χ2n) is 8.26. The van der Waals surface area contributed by atoms with Gasteiger partial charge in [0, 0.05) is 30.4 Å². The fraction of sp³-hybridized carbons (Fsp3) is 0.579. The highest BCUT2D eigenvalue weighted by molar-refractivity contribution is 5.84. The lowest BCUT2D eigenvalue weighted by Crippen LogP contribution is -2.42. The van der Waals surface area contributed by atoms with Gasteiger partial charge in [0.2, 0.25) is 5.78 Å². The monoisotopic (exact) mass is 373 g/mol. The molecule has 3 rings (SSSR count). The van der Waals surface area contributed by atoms with Gasteiger partial charge in [-0.1, -0.05) is 27.7 Å². The molecule has 27 heavy (non-hydrogen) atoms. The molecule has 0 aliphatic rings. The van der Waals surface area contributed by atoms with Crippen LogP contribution in [-0.2, 0) is 18.4 Å². The standard InChI is InChI=1S/C19H27N5O3/c1-8-11(2)24-12(3)9-22-14-15(20-17(22)24)21(7)18(27)23(16(14)26)10-13(25)19(4,5)6/h9,11H,8,10H2,1-7H3. The average Bonchev–Trinajstić information content (AvgIpc) is 3.09. The minimum absolute atomic E-state index is 0.171. The van der Waals surface area contributed by atoms with E-state index in [-0.39, 0.29) is 18.4 Å². The SMILES string of the molecule is CCC(C)n1c(C)cn2c3c(=O)n(CC(=O)C(C)(C)C)c(=O)n(C)c3nc12. The van der Waals surface area contributed by atoms with E-state index in [1.165, 1.54) is 4.57 Å². The number of imidazole rings is 2. The van der Waals surface area contributed by atoms with Crippen LogP contribution in [0.1, 0.15) is 52.8 Å². The molecule has 8 nitrogen and oxygen atoms in total. The summed E-state index contributed by atoms with van der Waals surface area (Å²) in [6, 6.07) is 0.209. The van der Waals surface area contributed by atoms with Crippen LogP contribution in [0.25, 0.3) is 16.9 Å². The third-order valence-electron chi connectivity index (χ3n) is 5.24. The minimum atomic E-state index is -0.636. The molecule has 0 fully saturated rings. The van der Waals surface area contributed by atoms with Crippen molar-refractivity contribution in [2.45, 2.75) is 60.5 Å². The Bertz CT molecular complexity index is 1170. The molecule has 0 radical (unpaired) electrons. The average molecular weight is 373 g/mol. The van der Waals surface area contributed by atoms with Gasteiger partial charge in [0.1, 0.15) is 0 Å². The van der Waals surface area contributed by atoms with E-state index < -0.39 is 16.7 Å². The number of hydrogen-bond acceptors (Lipinski definition) is 4. The molecule has 146 valence electrons.